The van der Waals surface area contributed by atoms with Crippen molar-refractivity contribution in [3.05, 3.63) is 34.9 Å². The molecule has 1 saturated carbocycles. The number of hydrogen-bond acceptors (Lipinski definition) is 3. The first-order chi connectivity index (χ1) is 6.56. The normalized spacial score (nSPS) is 23.4. The van der Waals surface area contributed by atoms with Gasteiger partial charge in [-0.3, -0.25) is 4.79 Å². The zero-order valence-corrected chi connectivity index (χ0v) is 9.47. The van der Waals surface area contributed by atoms with Crippen molar-refractivity contribution in [2.45, 2.75) is 12.8 Å². The molecular weight excluding hydrogens is 194 g/mol. The van der Waals surface area contributed by atoms with Crippen LogP contribution in [0.25, 0.3) is 0 Å². The molecule has 76 valence electrons. The number of rotatable bonds is 1. The number of ketones is 1. The van der Waals surface area contributed by atoms with Crippen molar-refractivity contribution < 1.29 is 4.79 Å². The molecule has 3 heteroatoms. The molecule has 0 amide bonds. The third-order valence-corrected chi connectivity index (χ3v) is 2.41. The second-order valence-corrected chi connectivity index (χ2v) is 3.85. The van der Waals surface area contributed by atoms with E-state index in [4.69, 9.17) is 0 Å². The minimum atomic E-state index is 0.0601. The summed E-state index contributed by atoms with van der Waals surface area (Å²) in [6.45, 7) is 3.85. The van der Waals surface area contributed by atoms with Crippen LogP contribution in [0.5, 0.6) is 0 Å². The van der Waals surface area contributed by atoms with Crippen LogP contribution in [-0.4, -0.2) is 24.8 Å². The molecule has 0 atom stereocenters. The molecular formula is C11H15NOS. The van der Waals surface area contributed by atoms with Crippen LogP contribution in [0.4, 0.5) is 0 Å². The van der Waals surface area contributed by atoms with Gasteiger partial charge >= 0.3 is 0 Å². The molecule has 0 bridgehead atoms. The fourth-order valence-electron chi connectivity index (χ4n) is 1.45. The predicted molar refractivity (Wildman–Crippen MR) is 62.2 cm³/mol. The second kappa shape index (κ2) is 4.51. The number of allylic oxidation sites excluding steroid dienone is 3. The van der Waals surface area contributed by atoms with E-state index >= 15 is 0 Å². The molecule has 1 rings (SSSR count). The zero-order chi connectivity index (χ0) is 10.7. The predicted octanol–water partition coefficient (Wildman–Crippen LogP) is 2.16. The van der Waals surface area contributed by atoms with Crippen molar-refractivity contribution in [3.63, 3.8) is 0 Å². The highest BCUT2D eigenvalue weighted by Gasteiger charge is 2.22. The molecule has 0 aromatic rings. The maximum Gasteiger partial charge on any atom is 0.191 e. The molecule has 0 spiro atoms. The van der Waals surface area contributed by atoms with Gasteiger partial charge in [0.2, 0.25) is 0 Å². The van der Waals surface area contributed by atoms with Crippen LogP contribution in [0.1, 0.15) is 12.8 Å². The van der Waals surface area contributed by atoms with Crippen molar-refractivity contribution in [1.82, 2.24) is 4.90 Å². The van der Waals surface area contributed by atoms with Crippen LogP contribution in [0.15, 0.2) is 34.9 Å². The van der Waals surface area contributed by atoms with Gasteiger partial charge in [-0.2, -0.15) is 12.6 Å². The van der Waals surface area contributed by atoms with Gasteiger partial charge in [0, 0.05) is 31.4 Å². The Labute approximate surface area is 90.4 Å². The van der Waals surface area contributed by atoms with Gasteiger partial charge in [-0.25, -0.2) is 0 Å². The van der Waals surface area contributed by atoms with E-state index < -0.39 is 0 Å². The zero-order valence-electron chi connectivity index (χ0n) is 8.58. The highest BCUT2D eigenvalue weighted by molar-refractivity contribution is 7.83. The molecule has 0 aromatic heterocycles. The van der Waals surface area contributed by atoms with Crippen LogP contribution in [0.3, 0.4) is 0 Å². The molecule has 0 radical (unpaired) electrons. The van der Waals surface area contributed by atoms with Crippen LogP contribution in [0.2, 0.25) is 0 Å². The Hall–Kier alpha value is -0.960. The lowest BCUT2D eigenvalue weighted by atomic mass is 9.87. The quantitative estimate of drug-likeness (QED) is 0.527. The maximum absolute atomic E-state index is 11.8. The van der Waals surface area contributed by atoms with Crippen molar-refractivity contribution in [2.75, 3.05) is 14.1 Å². The minimum Gasteiger partial charge on any atom is -0.383 e. The Bertz CT molecular complexity index is 326. The van der Waals surface area contributed by atoms with Gasteiger partial charge in [0.25, 0.3) is 0 Å². The van der Waals surface area contributed by atoms with Crippen molar-refractivity contribution in [2.24, 2.45) is 0 Å². The average molecular weight is 209 g/mol. The van der Waals surface area contributed by atoms with Crippen LogP contribution < -0.4 is 0 Å². The third kappa shape index (κ3) is 2.29. The number of Topliss-reactive ketones (excluding diaryl/α,β-unsaturated/α-hetero) is 1. The van der Waals surface area contributed by atoms with Gasteiger partial charge in [-0.05, 0) is 23.8 Å². The van der Waals surface area contributed by atoms with Crippen LogP contribution in [-0.2, 0) is 4.79 Å². The van der Waals surface area contributed by atoms with Gasteiger partial charge in [0.05, 0.1) is 0 Å². The monoisotopic (exact) mass is 209 g/mol. The van der Waals surface area contributed by atoms with E-state index in [0.717, 1.165) is 24.0 Å². The summed E-state index contributed by atoms with van der Waals surface area (Å²) in [5, 5.41) is 1.55. The molecule has 1 aliphatic rings. The standard InChI is InChI=1S/C11H15NOS/c1-8-4-5-9(6-12(2)3)11(13)10(8)7-14/h6-7,14H,1,4-5H2,2-3H3/b9-6+,10-7+. The molecule has 0 aliphatic heterocycles. The minimum absolute atomic E-state index is 0.0601. The summed E-state index contributed by atoms with van der Waals surface area (Å²) in [6.07, 6.45) is 3.49. The van der Waals surface area contributed by atoms with E-state index in [0.29, 0.717) is 5.57 Å². The van der Waals surface area contributed by atoms with E-state index in [1.54, 1.807) is 5.41 Å². The summed E-state index contributed by atoms with van der Waals surface area (Å²) >= 11 is 4.03. The van der Waals surface area contributed by atoms with E-state index in [9.17, 15) is 4.79 Å². The van der Waals surface area contributed by atoms with Gasteiger partial charge in [0.1, 0.15) is 0 Å². The second-order valence-electron chi connectivity index (χ2n) is 3.59. The number of carbonyl (C=O) groups excluding carboxylic acids is 1. The average Bonchev–Trinajstić information content (AvgIpc) is 2.10. The molecule has 0 saturated heterocycles. The summed E-state index contributed by atoms with van der Waals surface area (Å²) in [6, 6.07) is 0. The van der Waals surface area contributed by atoms with Gasteiger partial charge in [-0.15, -0.1) is 0 Å². The Kier molecular flexibility index (Phi) is 3.58. The van der Waals surface area contributed by atoms with Crippen LogP contribution >= 0.6 is 12.6 Å². The first kappa shape index (κ1) is 11.1. The SMILES string of the molecule is C=C1CC/C(=C\N(C)C)C(=O)/C1=C/S. The van der Waals surface area contributed by atoms with Gasteiger partial charge in [0.15, 0.2) is 5.78 Å². The van der Waals surface area contributed by atoms with E-state index in [1.807, 2.05) is 25.2 Å². The smallest absolute Gasteiger partial charge is 0.191 e. The number of thiol groups is 1. The van der Waals surface area contributed by atoms with Crippen molar-refractivity contribution in [1.29, 1.82) is 0 Å². The lowest BCUT2D eigenvalue weighted by molar-refractivity contribution is -0.112. The van der Waals surface area contributed by atoms with Crippen LogP contribution in [0, 0.1) is 0 Å². The Balaban J connectivity index is 2.96. The first-order valence-electron chi connectivity index (χ1n) is 4.50. The number of hydrogen-bond donors (Lipinski definition) is 1. The first-order valence-corrected chi connectivity index (χ1v) is 5.02. The lowest BCUT2D eigenvalue weighted by Gasteiger charge is -2.19. The molecule has 0 heterocycles. The Morgan fingerprint density at radius 3 is 2.57 bits per heavy atom. The van der Waals surface area contributed by atoms with E-state index in [-0.39, 0.29) is 5.78 Å². The summed E-state index contributed by atoms with van der Waals surface area (Å²) in [5.41, 5.74) is 2.37. The van der Waals surface area contributed by atoms with Crippen molar-refractivity contribution >= 4 is 18.4 Å². The molecule has 0 unspecified atom stereocenters. The summed E-state index contributed by atoms with van der Waals surface area (Å²) in [7, 11) is 3.82. The molecule has 2 nitrogen and oxygen atoms in total. The molecule has 1 fully saturated rings. The van der Waals surface area contributed by atoms with E-state index in [1.165, 1.54) is 0 Å². The highest BCUT2D eigenvalue weighted by atomic mass is 32.1. The van der Waals surface area contributed by atoms with Gasteiger partial charge < -0.3 is 4.90 Å². The summed E-state index contributed by atoms with van der Waals surface area (Å²) < 4.78 is 0. The largest absolute Gasteiger partial charge is 0.383 e. The molecule has 0 N–H and O–H groups in total. The molecule has 1 aliphatic carbocycles. The number of nitrogens with zero attached hydrogens (tertiary/aromatic N) is 1. The van der Waals surface area contributed by atoms with E-state index in [2.05, 4.69) is 19.2 Å². The fraction of sp³-hybridized carbons (Fsp3) is 0.364. The summed E-state index contributed by atoms with van der Waals surface area (Å²) in [4.78, 5) is 13.7. The third-order valence-electron chi connectivity index (χ3n) is 2.16. The maximum atomic E-state index is 11.8. The highest BCUT2D eigenvalue weighted by Crippen LogP contribution is 2.28. The summed E-state index contributed by atoms with van der Waals surface area (Å²) in [5.74, 6) is 0.0601. The molecule has 14 heavy (non-hydrogen) atoms. The molecule has 0 aromatic carbocycles. The lowest BCUT2D eigenvalue weighted by Crippen LogP contribution is -2.16. The van der Waals surface area contributed by atoms with Gasteiger partial charge in [-0.1, -0.05) is 6.58 Å². The Morgan fingerprint density at radius 1 is 1.43 bits per heavy atom. The van der Waals surface area contributed by atoms with Crippen molar-refractivity contribution in [3.8, 4) is 0 Å². The Morgan fingerprint density at radius 2 is 2.07 bits per heavy atom. The topological polar surface area (TPSA) is 20.3 Å². The fourth-order valence-corrected chi connectivity index (χ4v) is 1.75. The number of carbonyl (C=O) groups is 1.